The van der Waals surface area contributed by atoms with Crippen molar-refractivity contribution in [2.75, 3.05) is 4.31 Å². The zero-order valence-corrected chi connectivity index (χ0v) is 24.9. The molecule has 42 heavy (non-hydrogen) atoms. The van der Waals surface area contributed by atoms with Crippen molar-refractivity contribution in [3.8, 4) is 0 Å². The largest absolute Gasteiger partial charge is 0.341 e. The molecule has 212 valence electrons. The first kappa shape index (κ1) is 29.1. The molecular formula is C35H31ClN2O3S. The highest BCUT2D eigenvalue weighted by molar-refractivity contribution is 7.92. The van der Waals surface area contributed by atoms with E-state index < -0.39 is 10.0 Å². The molecule has 5 aromatic carbocycles. The van der Waals surface area contributed by atoms with Gasteiger partial charge < -0.3 is 5.32 Å². The van der Waals surface area contributed by atoms with Gasteiger partial charge in [0, 0.05) is 10.6 Å². The standard InChI is InChI=1S/C35H31ClN2O3S/c1-25-11-9-10-16-32(25)34(28-12-5-3-6-13-28)37-35(39)29-20-18-27(19-21-29)24-38(33-23-30(36)22-17-26(33)2)42(40,41)31-14-7-4-8-15-31/h3-23,34H,24H2,1-2H3,(H,37,39)/t34-/m1/s1. The van der Waals surface area contributed by atoms with Crippen molar-refractivity contribution in [2.24, 2.45) is 0 Å². The molecule has 0 saturated heterocycles. The molecule has 0 aliphatic rings. The number of aryl methyl sites for hydroxylation is 2. The van der Waals surface area contributed by atoms with E-state index in [9.17, 15) is 13.2 Å². The number of halogens is 1. The second-order valence-corrected chi connectivity index (χ2v) is 12.4. The molecule has 0 radical (unpaired) electrons. The van der Waals surface area contributed by atoms with E-state index in [0.29, 0.717) is 16.3 Å². The number of rotatable bonds is 9. The molecule has 5 nitrogen and oxygen atoms in total. The quantitative estimate of drug-likeness (QED) is 0.189. The van der Waals surface area contributed by atoms with E-state index in [1.807, 2.05) is 68.4 Å². The van der Waals surface area contributed by atoms with E-state index in [1.54, 1.807) is 72.8 Å². The monoisotopic (exact) mass is 594 g/mol. The van der Waals surface area contributed by atoms with Crippen LogP contribution in [-0.4, -0.2) is 14.3 Å². The fourth-order valence-corrected chi connectivity index (χ4v) is 6.61. The average molecular weight is 595 g/mol. The van der Waals surface area contributed by atoms with Crippen molar-refractivity contribution < 1.29 is 13.2 Å². The first-order valence-electron chi connectivity index (χ1n) is 13.6. The lowest BCUT2D eigenvalue weighted by molar-refractivity contribution is 0.0943. The number of sulfonamides is 1. The Kier molecular flexibility index (Phi) is 8.76. The summed E-state index contributed by atoms with van der Waals surface area (Å²) in [5.74, 6) is -0.224. The Balaban J connectivity index is 1.43. The number of hydrogen-bond donors (Lipinski definition) is 1. The van der Waals surface area contributed by atoms with Gasteiger partial charge in [-0.25, -0.2) is 8.42 Å². The summed E-state index contributed by atoms with van der Waals surface area (Å²) in [7, 11) is -3.90. The number of amides is 1. The van der Waals surface area contributed by atoms with Gasteiger partial charge in [0.05, 0.1) is 23.2 Å². The second-order valence-electron chi connectivity index (χ2n) is 10.1. The topological polar surface area (TPSA) is 66.5 Å². The Morgan fingerprint density at radius 2 is 1.38 bits per heavy atom. The van der Waals surface area contributed by atoms with Crippen LogP contribution in [0.2, 0.25) is 5.02 Å². The van der Waals surface area contributed by atoms with Crippen LogP contribution in [-0.2, 0) is 16.6 Å². The molecule has 0 bridgehead atoms. The Morgan fingerprint density at radius 1 is 0.762 bits per heavy atom. The van der Waals surface area contributed by atoms with Crippen molar-refractivity contribution in [2.45, 2.75) is 31.3 Å². The summed E-state index contributed by atoms with van der Waals surface area (Å²) in [6, 6.07) is 38.1. The maximum absolute atomic E-state index is 13.8. The van der Waals surface area contributed by atoms with E-state index in [4.69, 9.17) is 11.6 Å². The minimum absolute atomic E-state index is 0.0656. The third kappa shape index (κ3) is 6.40. The zero-order chi connectivity index (χ0) is 29.7. The van der Waals surface area contributed by atoms with Crippen LogP contribution in [0.1, 0.15) is 44.2 Å². The van der Waals surface area contributed by atoms with Crippen LogP contribution >= 0.6 is 11.6 Å². The summed E-state index contributed by atoms with van der Waals surface area (Å²) in [5, 5.41) is 3.63. The van der Waals surface area contributed by atoms with Crippen LogP contribution in [0.3, 0.4) is 0 Å². The SMILES string of the molecule is Cc1ccccc1[C@H](NC(=O)c1ccc(CN(c2cc(Cl)ccc2C)S(=O)(=O)c2ccccc2)cc1)c1ccccc1. The predicted octanol–water partition coefficient (Wildman–Crippen LogP) is 7.87. The van der Waals surface area contributed by atoms with Crippen LogP contribution in [0.4, 0.5) is 5.69 Å². The molecule has 0 aliphatic carbocycles. The number of benzene rings is 5. The number of nitrogens with one attached hydrogen (secondary N) is 1. The summed E-state index contributed by atoms with van der Waals surface area (Å²) in [5.41, 5.74) is 5.56. The molecule has 1 atom stereocenters. The van der Waals surface area contributed by atoms with Gasteiger partial charge in [-0.3, -0.25) is 9.10 Å². The van der Waals surface area contributed by atoms with Gasteiger partial charge in [-0.2, -0.15) is 0 Å². The van der Waals surface area contributed by atoms with Gasteiger partial charge in [0.1, 0.15) is 0 Å². The van der Waals surface area contributed by atoms with Gasteiger partial charge in [0.2, 0.25) is 0 Å². The van der Waals surface area contributed by atoms with Crippen molar-refractivity contribution in [1.29, 1.82) is 0 Å². The second kappa shape index (κ2) is 12.6. The van der Waals surface area contributed by atoms with Crippen molar-refractivity contribution >= 4 is 33.2 Å². The Bertz CT molecular complexity index is 1790. The van der Waals surface area contributed by atoms with Gasteiger partial charge in [-0.05, 0) is 78.1 Å². The maximum atomic E-state index is 13.8. The number of nitrogens with zero attached hydrogens (tertiary/aromatic N) is 1. The van der Waals surface area contributed by atoms with Crippen molar-refractivity contribution in [3.05, 3.63) is 166 Å². The summed E-state index contributed by atoms with van der Waals surface area (Å²) < 4.78 is 29.0. The van der Waals surface area contributed by atoms with Crippen LogP contribution < -0.4 is 9.62 Å². The molecule has 7 heteroatoms. The first-order valence-corrected chi connectivity index (χ1v) is 15.4. The molecule has 0 saturated carbocycles. The molecule has 1 amide bonds. The lowest BCUT2D eigenvalue weighted by Gasteiger charge is -2.26. The van der Waals surface area contributed by atoms with E-state index in [-0.39, 0.29) is 23.4 Å². The van der Waals surface area contributed by atoms with Crippen LogP contribution in [0, 0.1) is 13.8 Å². The van der Waals surface area contributed by atoms with E-state index in [0.717, 1.165) is 27.8 Å². The minimum atomic E-state index is -3.90. The van der Waals surface area contributed by atoms with Crippen LogP contribution in [0.5, 0.6) is 0 Å². The van der Waals surface area contributed by atoms with Gasteiger partial charge in [-0.15, -0.1) is 0 Å². The summed E-state index contributed by atoms with van der Waals surface area (Å²) in [6.07, 6.45) is 0. The molecule has 0 fully saturated rings. The van der Waals surface area contributed by atoms with Gasteiger partial charge >= 0.3 is 0 Å². The van der Waals surface area contributed by atoms with Crippen molar-refractivity contribution in [3.63, 3.8) is 0 Å². The molecular weight excluding hydrogens is 564 g/mol. The summed E-state index contributed by atoms with van der Waals surface area (Å²) >= 11 is 6.29. The molecule has 0 aliphatic heterocycles. The smallest absolute Gasteiger partial charge is 0.264 e. The Morgan fingerprint density at radius 3 is 2.05 bits per heavy atom. The predicted molar refractivity (Wildman–Crippen MR) is 169 cm³/mol. The molecule has 0 unspecified atom stereocenters. The number of carbonyl (C=O) groups excluding carboxylic acids is 1. The first-order chi connectivity index (χ1) is 20.2. The minimum Gasteiger partial charge on any atom is -0.341 e. The van der Waals surface area contributed by atoms with Crippen molar-refractivity contribution in [1.82, 2.24) is 5.32 Å². The highest BCUT2D eigenvalue weighted by Gasteiger charge is 2.27. The molecule has 0 aromatic heterocycles. The van der Waals surface area contributed by atoms with Crippen LogP contribution in [0.25, 0.3) is 0 Å². The molecule has 0 spiro atoms. The van der Waals surface area contributed by atoms with Gasteiger partial charge in [0.15, 0.2) is 0 Å². The Hall–Kier alpha value is -4.39. The zero-order valence-electron chi connectivity index (χ0n) is 23.4. The maximum Gasteiger partial charge on any atom is 0.264 e. The molecule has 0 heterocycles. The number of hydrogen-bond acceptors (Lipinski definition) is 3. The summed E-state index contributed by atoms with van der Waals surface area (Å²) in [4.78, 5) is 13.6. The van der Waals surface area contributed by atoms with E-state index in [2.05, 4.69) is 5.32 Å². The van der Waals surface area contributed by atoms with Gasteiger partial charge in [-0.1, -0.05) is 103 Å². The van der Waals surface area contributed by atoms with E-state index in [1.165, 1.54) is 4.31 Å². The normalized spacial score (nSPS) is 12.0. The van der Waals surface area contributed by atoms with E-state index >= 15 is 0 Å². The molecule has 5 aromatic rings. The lowest BCUT2D eigenvalue weighted by atomic mass is 9.94. The third-order valence-corrected chi connectivity index (χ3v) is 9.23. The fraction of sp³-hybridized carbons (Fsp3) is 0.114. The molecule has 5 rings (SSSR count). The molecule has 1 N–H and O–H groups in total. The highest BCUT2D eigenvalue weighted by atomic mass is 35.5. The summed E-state index contributed by atoms with van der Waals surface area (Å²) in [6.45, 7) is 3.95. The Labute approximate surface area is 252 Å². The number of anilines is 1. The highest BCUT2D eigenvalue weighted by Crippen LogP contribution is 2.31. The lowest BCUT2D eigenvalue weighted by Crippen LogP contribution is -2.31. The fourth-order valence-electron chi connectivity index (χ4n) is 4.91. The van der Waals surface area contributed by atoms with Crippen LogP contribution in [0.15, 0.2) is 132 Å². The number of carbonyl (C=O) groups is 1. The van der Waals surface area contributed by atoms with Gasteiger partial charge in [0.25, 0.3) is 15.9 Å². The third-order valence-electron chi connectivity index (χ3n) is 7.22. The average Bonchev–Trinajstić information content (AvgIpc) is 3.01.